The fraction of sp³-hybridized carbons (Fsp3) is 0.462. The van der Waals surface area contributed by atoms with Crippen LogP contribution in [0.15, 0.2) is 36.7 Å². The molecule has 7 nitrogen and oxygen atoms in total. The third-order valence-corrected chi connectivity index (χ3v) is 7.18. The van der Waals surface area contributed by atoms with Crippen molar-refractivity contribution in [1.82, 2.24) is 29.5 Å². The average Bonchev–Trinajstić information content (AvgIpc) is 3.61. The van der Waals surface area contributed by atoms with Crippen LogP contribution < -0.4 is 0 Å². The maximum Gasteiger partial charge on any atom is 0.257 e. The Morgan fingerprint density at radius 1 is 1.03 bits per heavy atom. The van der Waals surface area contributed by atoms with Gasteiger partial charge >= 0.3 is 0 Å². The number of amides is 1. The molecule has 1 aliphatic heterocycles. The number of benzene rings is 1. The molecule has 0 radical (unpaired) electrons. The maximum absolute atomic E-state index is 13.5. The van der Waals surface area contributed by atoms with Crippen LogP contribution in [-0.4, -0.2) is 68.2 Å². The third-order valence-electron chi connectivity index (χ3n) is 7.18. The van der Waals surface area contributed by atoms with Gasteiger partial charge in [-0.05, 0) is 49.8 Å². The highest BCUT2D eigenvalue weighted by Crippen LogP contribution is 2.43. The molecule has 1 amide bonds. The van der Waals surface area contributed by atoms with E-state index in [0.29, 0.717) is 11.9 Å². The molecule has 3 aliphatic rings. The van der Waals surface area contributed by atoms with E-state index in [-0.39, 0.29) is 5.91 Å². The van der Waals surface area contributed by atoms with E-state index in [1.165, 1.54) is 16.7 Å². The number of piperazine rings is 1. The number of aromatic nitrogens is 4. The standard InChI is InChI=1S/C26H30N6O/c1-2-11-30-12-14-31(15-13-30)25(33)22-17-28-32(24(22)19-8-9-19)26-27-16-20-10-7-18-5-3-4-6-21(18)23(20)29-26/h3-6,16-17,19H,2,7-15H2,1H3. The van der Waals surface area contributed by atoms with Crippen LogP contribution in [0.2, 0.25) is 0 Å². The summed E-state index contributed by atoms with van der Waals surface area (Å²) in [5, 5.41) is 4.65. The average molecular weight is 443 g/mol. The topological polar surface area (TPSA) is 67.2 Å². The first-order valence-electron chi connectivity index (χ1n) is 12.3. The van der Waals surface area contributed by atoms with E-state index in [0.717, 1.165) is 81.8 Å². The van der Waals surface area contributed by atoms with E-state index in [2.05, 4.69) is 46.2 Å². The van der Waals surface area contributed by atoms with Gasteiger partial charge in [-0.3, -0.25) is 9.69 Å². The number of carbonyl (C=O) groups is 1. The smallest absolute Gasteiger partial charge is 0.257 e. The summed E-state index contributed by atoms with van der Waals surface area (Å²) in [6, 6.07) is 8.48. The molecule has 2 fully saturated rings. The van der Waals surface area contributed by atoms with E-state index in [4.69, 9.17) is 4.98 Å². The number of fused-ring (bicyclic) bond motifs is 3. The monoisotopic (exact) mass is 442 g/mol. The second-order valence-corrected chi connectivity index (χ2v) is 9.46. The minimum absolute atomic E-state index is 0.0996. The van der Waals surface area contributed by atoms with Crippen LogP contribution in [0.5, 0.6) is 0 Å². The van der Waals surface area contributed by atoms with Crippen LogP contribution in [0, 0.1) is 0 Å². The molecule has 2 aliphatic carbocycles. The molecule has 0 spiro atoms. The molecule has 1 saturated heterocycles. The van der Waals surface area contributed by atoms with E-state index in [9.17, 15) is 4.79 Å². The number of carbonyl (C=O) groups excluding carboxylic acids is 1. The van der Waals surface area contributed by atoms with Crippen LogP contribution in [0.1, 0.15) is 59.3 Å². The molecule has 0 unspecified atom stereocenters. The highest BCUT2D eigenvalue weighted by molar-refractivity contribution is 5.95. The molecular weight excluding hydrogens is 412 g/mol. The Labute approximate surface area is 194 Å². The van der Waals surface area contributed by atoms with Crippen molar-refractivity contribution in [1.29, 1.82) is 0 Å². The summed E-state index contributed by atoms with van der Waals surface area (Å²) in [7, 11) is 0. The number of rotatable bonds is 5. The Kier molecular flexibility index (Phi) is 5.21. The fourth-order valence-corrected chi connectivity index (χ4v) is 5.25. The predicted molar refractivity (Wildman–Crippen MR) is 127 cm³/mol. The van der Waals surface area contributed by atoms with Crippen LogP contribution in [0.3, 0.4) is 0 Å². The Morgan fingerprint density at radius 3 is 2.61 bits per heavy atom. The number of hydrogen-bond acceptors (Lipinski definition) is 5. The summed E-state index contributed by atoms with van der Waals surface area (Å²) in [6.07, 6.45) is 8.98. The van der Waals surface area contributed by atoms with E-state index in [1.54, 1.807) is 6.20 Å². The lowest BCUT2D eigenvalue weighted by molar-refractivity contribution is 0.0636. The quantitative estimate of drug-likeness (QED) is 0.605. The summed E-state index contributed by atoms with van der Waals surface area (Å²) in [5.74, 6) is 1.03. The van der Waals surface area contributed by atoms with Gasteiger partial charge in [-0.15, -0.1) is 0 Å². The molecule has 1 saturated carbocycles. The highest BCUT2D eigenvalue weighted by Gasteiger charge is 2.35. The first-order valence-corrected chi connectivity index (χ1v) is 12.3. The van der Waals surface area contributed by atoms with Gasteiger partial charge in [0.05, 0.1) is 23.1 Å². The first kappa shape index (κ1) is 20.5. The van der Waals surface area contributed by atoms with Gasteiger partial charge in [-0.2, -0.15) is 5.10 Å². The highest BCUT2D eigenvalue weighted by atomic mass is 16.2. The molecular formula is C26H30N6O. The van der Waals surface area contributed by atoms with Gasteiger partial charge in [0.15, 0.2) is 0 Å². The summed E-state index contributed by atoms with van der Waals surface area (Å²) >= 11 is 0. The molecule has 33 heavy (non-hydrogen) atoms. The van der Waals surface area contributed by atoms with Crippen LogP contribution in [-0.2, 0) is 12.8 Å². The third kappa shape index (κ3) is 3.74. The van der Waals surface area contributed by atoms with Crippen LogP contribution >= 0.6 is 0 Å². The summed E-state index contributed by atoms with van der Waals surface area (Å²) in [5.41, 5.74) is 6.40. The van der Waals surface area contributed by atoms with Gasteiger partial charge in [0, 0.05) is 43.9 Å². The Bertz CT molecular complexity index is 1190. The summed E-state index contributed by atoms with van der Waals surface area (Å²) in [6.45, 7) is 6.75. The van der Waals surface area contributed by atoms with Gasteiger partial charge in [-0.25, -0.2) is 14.6 Å². The molecule has 0 N–H and O–H groups in total. The van der Waals surface area contributed by atoms with E-state index < -0.39 is 0 Å². The zero-order valence-electron chi connectivity index (χ0n) is 19.2. The van der Waals surface area contributed by atoms with Crippen molar-refractivity contribution in [2.45, 2.75) is 44.9 Å². The zero-order chi connectivity index (χ0) is 22.4. The molecule has 6 rings (SSSR count). The normalized spacial score (nSPS) is 18.2. The molecule has 170 valence electrons. The largest absolute Gasteiger partial charge is 0.336 e. The molecule has 0 bridgehead atoms. The lowest BCUT2D eigenvalue weighted by atomic mass is 9.90. The summed E-state index contributed by atoms with van der Waals surface area (Å²) < 4.78 is 1.83. The number of hydrogen-bond donors (Lipinski definition) is 0. The Balaban J connectivity index is 1.33. The first-order chi connectivity index (χ1) is 16.2. The minimum Gasteiger partial charge on any atom is -0.336 e. The van der Waals surface area contributed by atoms with Crippen LogP contribution in [0.25, 0.3) is 17.2 Å². The lowest BCUT2D eigenvalue weighted by Crippen LogP contribution is -2.48. The van der Waals surface area contributed by atoms with Gasteiger partial charge in [0.1, 0.15) is 0 Å². The SMILES string of the molecule is CCCN1CCN(C(=O)c2cnn(-c3ncc4c(n3)-c3ccccc3CC4)c2C2CC2)CC1. The molecule has 1 aromatic carbocycles. The van der Waals surface area contributed by atoms with Crippen molar-refractivity contribution in [3.63, 3.8) is 0 Å². The maximum atomic E-state index is 13.5. The lowest BCUT2D eigenvalue weighted by Gasteiger charge is -2.34. The van der Waals surface area contributed by atoms with Crippen molar-refractivity contribution < 1.29 is 4.79 Å². The number of aryl methyl sites for hydroxylation is 2. The van der Waals surface area contributed by atoms with Gasteiger partial charge in [-0.1, -0.05) is 31.2 Å². The van der Waals surface area contributed by atoms with Crippen molar-refractivity contribution in [2.24, 2.45) is 0 Å². The van der Waals surface area contributed by atoms with Crippen molar-refractivity contribution >= 4 is 5.91 Å². The van der Waals surface area contributed by atoms with Crippen LogP contribution in [0.4, 0.5) is 0 Å². The molecule has 7 heteroatoms. The Hall–Kier alpha value is -3.06. The zero-order valence-corrected chi connectivity index (χ0v) is 19.2. The van der Waals surface area contributed by atoms with Crippen molar-refractivity contribution in [3.05, 3.63) is 59.0 Å². The van der Waals surface area contributed by atoms with E-state index >= 15 is 0 Å². The van der Waals surface area contributed by atoms with Crippen molar-refractivity contribution in [3.8, 4) is 17.2 Å². The molecule has 0 atom stereocenters. The molecule has 3 aromatic rings. The molecule has 3 heterocycles. The van der Waals surface area contributed by atoms with Crippen molar-refractivity contribution in [2.75, 3.05) is 32.7 Å². The minimum atomic E-state index is 0.0996. The summed E-state index contributed by atoms with van der Waals surface area (Å²) in [4.78, 5) is 27.5. The van der Waals surface area contributed by atoms with Gasteiger partial charge < -0.3 is 4.90 Å². The predicted octanol–water partition coefficient (Wildman–Crippen LogP) is 3.47. The van der Waals surface area contributed by atoms with Gasteiger partial charge in [0.2, 0.25) is 0 Å². The van der Waals surface area contributed by atoms with Gasteiger partial charge in [0.25, 0.3) is 11.9 Å². The fourth-order valence-electron chi connectivity index (χ4n) is 5.25. The number of nitrogens with zero attached hydrogens (tertiary/aromatic N) is 6. The second-order valence-electron chi connectivity index (χ2n) is 9.46. The second kappa shape index (κ2) is 8.37. The van der Waals surface area contributed by atoms with E-state index in [1.807, 2.05) is 15.8 Å². The molecule has 2 aromatic heterocycles. The Morgan fingerprint density at radius 2 is 1.82 bits per heavy atom.